The van der Waals surface area contributed by atoms with Gasteiger partial charge in [-0.1, -0.05) is 17.7 Å². The summed E-state index contributed by atoms with van der Waals surface area (Å²) in [6, 6.07) is 8.00. The molecular formula is C17H22ClN3. The minimum Gasteiger partial charge on any atom is -0.370 e. The van der Waals surface area contributed by atoms with Crippen molar-refractivity contribution in [2.24, 2.45) is 5.92 Å². The molecule has 0 unspecified atom stereocenters. The Hall–Kier alpha value is -1.24. The lowest BCUT2D eigenvalue weighted by Crippen LogP contribution is -2.38. The molecule has 2 aliphatic rings. The molecule has 0 spiro atoms. The van der Waals surface area contributed by atoms with Gasteiger partial charge in [-0.25, -0.2) is 0 Å². The Morgan fingerprint density at radius 3 is 2.52 bits per heavy atom. The zero-order valence-corrected chi connectivity index (χ0v) is 13.1. The zero-order chi connectivity index (χ0) is 14.7. The lowest BCUT2D eigenvalue weighted by molar-refractivity contribution is 0.249. The molecule has 2 heterocycles. The maximum Gasteiger partial charge on any atom is 0.103 e. The summed E-state index contributed by atoms with van der Waals surface area (Å²) in [5.74, 6) is 0.809. The quantitative estimate of drug-likeness (QED) is 0.856. The van der Waals surface area contributed by atoms with E-state index in [-0.39, 0.29) is 0 Å². The van der Waals surface area contributed by atoms with Crippen LogP contribution in [0.5, 0.6) is 0 Å². The Balaban J connectivity index is 1.61. The molecule has 21 heavy (non-hydrogen) atoms. The highest BCUT2D eigenvalue weighted by Crippen LogP contribution is 2.30. The second-order valence-corrected chi connectivity index (χ2v) is 6.59. The minimum atomic E-state index is 0.564. The number of likely N-dealkylation sites (tertiary alicyclic amines) is 1. The van der Waals surface area contributed by atoms with Gasteiger partial charge >= 0.3 is 0 Å². The molecule has 3 nitrogen and oxygen atoms in total. The van der Waals surface area contributed by atoms with Gasteiger partial charge in [-0.3, -0.25) is 0 Å². The summed E-state index contributed by atoms with van der Waals surface area (Å²) in [6.45, 7) is 5.90. The molecule has 2 fully saturated rings. The third-order valence-electron chi connectivity index (χ3n) is 4.77. The highest BCUT2D eigenvalue weighted by molar-refractivity contribution is 6.32. The number of hydrogen-bond donors (Lipinski definition) is 0. The van der Waals surface area contributed by atoms with E-state index in [9.17, 15) is 5.26 Å². The largest absolute Gasteiger partial charge is 0.370 e. The second kappa shape index (κ2) is 6.68. The normalized spacial score (nSPS) is 20.7. The van der Waals surface area contributed by atoms with E-state index in [1.807, 2.05) is 12.1 Å². The molecule has 0 aromatic heterocycles. The average molecular weight is 304 g/mol. The molecule has 1 aromatic rings. The maximum absolute atomic E-state index is 9.30. The molecule has 112 valence electrons. The van der Waals surface area contributed by atoms with Gasteiger partial charge in [0.1, 0.15) is 6.07 Å². The second-order valence-electron chi connectivity index (χ2n) is 6.18. The first kappa shape index (κ1) is 14.7. The van der Waals surface area contributed by atoms with Crippen LogP contribution in [-0.4, -0.2) is 37.6 Å². The lowest BCUT2D eigenvalue weighted by Gasteiger charge is -2.35. The fourth-order valence-electron chi connectivity index (χ4n) is 3.57. The summed E-state index contributed by atoms with van der Waals surface area (Å²) in [6.07, 6.45) is 5.17. The van der Waals surface area contributed by atoms with Crippen LogP contribution in [0.1, 0.15) is 31.2 Å². The van der Waals surface area contributed by atoms with Crippen LogP contribution in [0.15, 0.2) is 18.2 Å². The van der Waals surface area contributed by atoms with Crippen LogP contribution in [0, 0.1) is 17.2 Å². The number of hydrogen-bond acceptors (Lipinski definition) is 3. The summed E-state index contributed by atoms with van der Waals surface area (Å²) >= 11 is 6.13. The molecule has 3 rings (SSSR count). The molecule has 0 bridgehead atoms. The number of rotatable bonds is 3. The van der Waals surface area contributed by atoms with E-state index in [0.29, 0.717) is 10.6 Å². The van der Waals surface area contributed by atoms with Gasteiger partial charge in [0.05, 0.1) is 16.3 Å². The van der Waals surface area contributed by atoms with Gasteiger partial charge < -0.3 is 9.80 Å². The van der Waals surface area contributed by atoms with Gasteiger partial charge in [0, 0.05) is 19.6 Å². The standard InChI is InChI=1S/C17H22ClN3/c18-16-4-3-5-17(15(16)12-19)21-10-6-14(7-11-21)13-20-8-1-2-9-20/h3-5,14H,1-2,6-11,13H2. The molecule has 0 N–H and O–H groups in total. The van der Waals surface area contributed by atoms with Crippen LogP contribution >= 0.6 is 11.6 Å². The fourth-order valence-corrected chi connectivity index (χ4v) is 3.79. The van der Waals surface area contributed by atoms with E-state index in [2.05, 4.69) is 15.9 Å². The first-order chi connectivity index (χ1) is 10.3. The molecule has 4 heteroatoms. The van der Waals surface area contributed by atoms with Crippen LogP contribution < -0.4 is 4.90 Å². The molecule has 0 aliphatic carbocycles. The van der Waals surface area contributed by atoms with Gasteiger partial charge in [-0.15, -0.1) is 0 Å². The van der Waals surface area contributed by atoms with Crippen molar-refractivity contribution in [1.29, 1.82) is 5.26 Å². The Kier molecular flexibility index (Phi) is 4.67. The molecule has 0 atom stereocenters. The molecule has 1 aromatic carbocycles. The Morgan fingerprint density at radius 1 is 1.14 bits per heavy atom. The number of halogens is 1. The Labute approximate surface area is 132 Å². The Bertz CT molecular complexity index is 523. The van der Waals surface area contributed by atoms with Crippen molar-refractivity contribution in [2.45, 2.75) is 25.7 Å². The zero-order valence-electron chi connectivity index (χ0n) is 12.4. The predicted octanol–water partition coefficient (Wildman–Crippen LogP) is 3.52. The third-order valence-corrected chi connectivity index (χ3v) is 5.09. The van der Waals surface area contributed by atoms with Crippen LogP contribution in [0.2, 0.25) is 5.02 Å². The summed E-state index contributed by atoms with van der Waals surface area (Å²) in [5, 5.41) is 9.87. The Morgan fingerprint density at radius 2 is 1.86 bits per heavy atom. The summed E-state index contributed by atoms with van der Waals surface area (Å²) in [7, 11) is 0. The highest BCUT2D eigenvalue weighted by Gasteiger charge is 2.24. The van der Waals surface area contributed by atoms with Gasteiger partial charge in [-0.2, -0.15) is 5.26 Å². The summed E-state index contributed by atoms with van der Waals surface area (Å²) in [5.41, 5.74) is 1.63. The van der Waals surface area contributed by atoms with Crippen molar-refractivity contribution in [2.75, 3.05) is 37.6 Å². The van der Waals surface area contributed by atoms with E-state index in [4.69, 9.17) is 11.6 Å². The monoisotopic (exact) mass is 303 g/mol. The van der Waals surface area contributed by atoms with E-state index < -0.39 is 0 Å². The number of nitrogens with zero attached hydrogens (tertiary/aromatic N) is 3. The summed E-state index contributed by atoms with van der Waals surface area (Å²) in [4.78, 5) is 4.94. The topological polar surface area (TPSA) is 30.3 Å². The highest BCUT2D eigenvalue weighted by atomic mass is 35.5. The van der Waals surface area contributed by atoms with Crippen molar-refractivity contribution in [3.63, 3.8) is 0 Å². The molecule has 0 radical (unpaired) electrons. The van der Waals surface area contributed by atoms with E-state index >= 15 is 0 Å². The predicted molar refractivity (Wildman–Crippen MR) is 86.8 cm³/mol. The molecule has 2 aliphatic heterocycles. The number of anilines is 1. The first-order valence-corrected chi connectivity index (χ1v) is 8.31. The van der Waals surface area contributed by atoms with Crippen molar-refractivity contribution in [3.05, 3.63) is 28.8 Å². The van der Waals surface area contributed by atoms with Crippen molar-refractivity contribution in [1.82, 2.24) is 4.90 Å². The minimum absolute atomic E-state index is 0.564. The summed E-state index contributed by atoms with van der Waals surface area (Å²) < 4.78 is 0. The smallest absolute Gasteiger partial charge is 0.103 e. The van der Waals surface area contributed by atoms with Gasteiger partial charge in [-0.05, 0) is 56.8 Å². The van der Waals surface area contributed by atoms with Crippen molar-refractivity contribution < 1.29 is 0 Å². The molecule has 0 saturated carbocycles. The number of nitriles is 1. The maximum atomic E-state index is 9.30. The van der Waals surface area contributed by atoms with Crippen molar-refractivity contribution >= 4 is 17.3 Å². The average Bonchev–Trinajstić information content (AvgIpc) is 3.01. The first-order valence-electron chi connectivity index (χ1n) is 7.94. The van der Waals surface area contributed by atoms with Gasteiger partial charge in [0.15, 0.2) is 0 Å². The lowest BCUT2D eigenvalue weighted by atomic mass is 9.95. The van der Waals surface area contributed by atoms with Crippen LogP contribution in [0.25, 0.3) is 0 Å². The SMILES string of the molecule is N#Cc1c(Cl)cccc1N1CCC(CN2CCCC2)CC1. The van der Waals surface area contributed by atoms with E-state index in [1.54, 1.807) is 6.07 Å². The number of piperidine rings is 1. The number of benzene rings is 1. The van der Waals surface area contributed by atoms with Gasteiger partial charge in [0.25, 0.3) is 0 Å². The van der Waals surface area contributed by atoms with Crippen LogP contribution in [-0.2, 0) is 0 Å². The van der Waals surface area contributed by atoms with Crippen LogP contribution in [0.4, 0.5) is 5.69 Å². The molecule has 0 amide bonds. The van der Waals surface area contributed by atoms with E-state index in [0.717, 1.165) is 24.7 Å². The van der Waals surface area contributed by atoms with Crippen molar-refractivity contribution in [3.8, 4) is 6.07 Å². The van der Waals surface area contributed by atoms with Crippen LogP contribution in [0.3, 0.4) is 0 Å². The molecular weight excluding hydrogens is 282 g/mol. The fraction of sp³-hybridized carbons (Fsp3) is 0.588. The van der Waals surface area contributed by atoms with E-state index in [1.165, 1.54) is 45.3 Å². The third kappa shape index (κ3) is 3.33. The molecule has 2 saturated heterocycles. The van der Waals surface area contributed by atoms with Gasteiger partial charge in [0.2, 0.25) is 0 Å².